The molecular formula is C20H23FN4O3. The maximum atomic E-state index is 14.7. The lowest BCUT2D eigenvalue weighted by molar-refractivity contribution is -0.0193. The first-order chi connectivity index (χ1) is 13.3. The fourth-order valence-electron chi connectivity index (χ4n) is 3.36. The first-order valence-corrected chi connectivity index (χ1v) is 8.97. The van der Waals surface area contributed by atoms with Gasteiger partial charge < -0.3 is 15.2 Å². The van der Waals surface area contributed by atoms with Crippen molar-refractivity contribution in [3.8, 4) is 16.9 Å². The van der Waals surface area contributed by atoms with E-state index in [1.54, 1.807) is 37.5 Å². The molecule has 1 atom stereocenters. The van der Waals surface area contributed by atoms with Gasteiger partial charge >= 0.3 is 6.09 Å². The number of aromatic nitrogens is 3. The lowest BCUT2D eigenvalue weighted by Crippen LogP contribution is -2.41. The van der Waals surface area contributed by atoms with Gasteiger partial charge in [0.1, 0.15) is 12.2 Å². The van der Waals surface area contributed by atoms with Crippen LogP contribution in [0.2, 0.25) is 0 Å². The van der Waals surface area contributed by atoms with Crippen LogP contribution in [0.15, 0.2) is 36.7 Å². The summed E-state index contributed by atoms with van der Waals surface area (Å²) >= 11 is 0. The summed E-state index contributed by atoms with van der Waals surface area (Å²) < 4.78 is 25.5. The lowest BCUT2D eigenvalue weighted by atomic mass is 9.95. The van der Waals surface area contributed by atoms with E-state index in [1.165, 1.54) is 6.07 Å². The minimum absolute atomic E-state index is 0.00831. The number of primary amides is 1. The summed E-state index contributed by atoms with van der Waals surface area (Å²) in [5, 5.41) is 7.57. The highest BCUT2D eigenvalue weighted by Crippen LogP contribution is 2.31. The monoisotopic (exact) mass is 386 g/mol. The number of halogens is 1. The number of hydrogen-bond donors (Lipinski definition) is 2. The van der Waals surface area contributed by atoms with E-state index in [4.69, 9.17) is 15.2 Å². The molecular weight excluding hydrogens is 363 g/mol. The summed E-state index contributed by atoms with van der Waals surface area (Å²) in [6.07, 6.45) is 2.93. The summed E-state index contributed by atoms with van der Waals surface area (Å²) in [6.45, 7) is 5.69. The van der Waals surface area contributed by atoms with E-state index in [9.17, 15) is 9.18 Å². The molecule has 0 aliphatic heterocycles. The first-order valence-electron chi connectivity index (χ1n) is 8.97. The minimum atomic E-state index is -0.945. The standard InChI is InChI=1S/C20H23FN4O3/c1-12(2)9-20(3,28-19(22)26)11-27-17-5-4-13(8-16(17)21)14-6-7-23-18-15(14)10-24-25-18/h4-8,10,12H,9,11H2,1-3H3,(H2,22,26)(H,23,24,25). The smallest absolute Gasteiger partial charge is 0.405 e. The van der Waals surface area contributed by atoms with Crippen molar-refractivity contribution >= 4 is 17.1 Å². The lowest BCUT2D eigenvalue weighted by Gasteiger charge is -2.30. The van der Waals surface area contributed by atoms with Gasteiger partial charge in [-0.3, -0.25) is 5.10 Å². The van der Waals surface area contributed by atoms with Gasteiger partial charge in [0.2, 0.25) is 0 Å². The van der Waals surface area contributed by atoms with Gasteiger partial charge in [-0.2, -0.15) is 5.10 Å². The zero-order chi connectivity index (χ0) is 20.3. The Bertz CT molecular complexity index is 988. The number of pyridine rings is 1. The zero-order valence-corrected chi connectivity index (χ0v) is 16.0. The van der Waals surface area contributed by atoms with Crippen LogP contribution >= 0.6 is 0 Å². The SMILES string of the molecule is CC(C)CC(C)(COc1ccc(-c2ccnc3[nH]ncc23)cc1F)OC(N)=O. The Labute approximate surface area is 162 Å². The topological polar surface area (TPSA) is 103 Å². The summed E-state index contributed by atoms with van der Waals surface area (Å²) in [6, 6.07) is 6.51. The molecule has 2 heterocycles. The number of aromatic amines is 1. The van der Waals surface area contributed by atoms with Gasteiger partial charge in [-0.1, -0.05) is 19.9 Å². The number of nitrogens with one attached hydrogen (secondary N) is 1. The molecule has 0 saturated carbocycles. The molecule has 0 aliphatic carbocycles. The number of hydrogen-bond acceptors (Lipinski definition) is 5. The van der Waals surface area contributed by atoms with Crippen LogP contribution in [-0.4, -0.2) is 33.5 Å². The fraction of sp³-hybridized carbons (Fsp3) is 0.350. The molecule has 0 spiro atoms. The zero-order valence-electron chi connectivity index (χ0n) is 16.0. The number of carbonyl (C=O) groups is 1. The molecule has 8 heteroatoms. The molecule has 0 saturated heterocycles. The van der Waals surface area contributed by atoms with Crippen LogP contribution in [0.5, 0.6) is 5.75 Å². The predicted octanol–water partition coefficient (Wildman–Crippen LogP) is 4.04. The number of amides is 1. The first kappa shape index (κ1) is 19.6. The van der Waals surface area contributed by atoms with Gasteiger partial charge in [-0.15, -0.1) is 0 Å². The Morgan fingerprint density at radius 3 is 2.82 bits per heavy atom. The van der Waals surface area contributed by atoms with Crippen LogP contribution in [0.4, 0.5) is 9.18 Å². The van der Waals surface area contributed by atoms with Gasteiger partial charge in [0.05, 0.1) is 6.20 Å². The molecule has 3 aromatic rings. The highest BCUT2D eigenvalue weighted by atomic mass is 19.1. The maximum absolute atomic E-state index is 14.7. The van der Waals surface area contributed by atoms with Crippen LogP contribution in [-0.2, 0) is 4.74 Å². The van der Waals surface area contributed by atoms with E-state index in [0.717, 1.165) is 10.9 Å². The van der Waals surface area contributed by atoms with Crippen LogP contribution in [0.1, 0.15) is 27.2 Å². The highest BCUT2D eigenvalue weighted by molar-refractivity contribution is 5.92. The van der Waals surface area contributed by atoms with Crippen LogP contribution in [0.25, 0.3) is 22.2 Å². The summed E-state index contributed by atoms with van der Waals surface area (Å²) in [5.74, 6) is -0.203. The second-order valence-electron chi connectivity index (χ2n) is 7.39. The van der Waals surface area contributed by atoms with Crippen molar-refractivity contribution in [2.24, 2.45) is 11.7 Å². The Balaban J connectivity index is 1.81. The van der Waals surface area contributed by atoms with Crippen LogP contribution in [0, 0.1) is 11.7 Å². The van der Waals surface area contributed by atoms with Crippen molar-refractivity contribution in [1.29, 1.82) is 0 Å². The molecule has 7 nitrogen and oxygen atoms in total. The number of fused-ring (bicyclic) bond motifs is 1. The molecule has 1 unspecified atom stereocenters. The Morgan fingerprint density at radius 1 is 1.36 bits per heavy atom. The summed E-state index contributed by atoms with van der Waals surface area (Å²) in [7, 11) is 0. The molecule has 148 valence electrons. The number of H-pyrrole nitrogens is 1. The Morgan fingerprint density at radius 2 is 2.14 bits per heavy atom. The van der Waals surface area contributed by atoms with Gasteiger partial charge in [0, 0.05) is 11.6 Å². The minimum Gasteiger partial charge on any atom is -0.486 e. The molecule has 0 aliphatic rings. The maximum Gasteiger partial charge on any atom is 0.405 e. The van der Waals surface area contributed by atoms with Crippen molar-refractivity contribution in [2.75, 3.05) is 6.61 Å². The molecule has 1 amide bonds. The fourth-order valence-corrected chi connectivity index (χ4v) is 3.36. The number of nitrogens with two attached hydrogens (primary N) is 1. The van der Waals surface area contributed by atoms with E-state index >= 15 is 0 Å². The third kappa shape index (κ3) is 4.39. The Hall–Kier alpha value is -3.16. The van der Waals surface area contributed by atoms with Crippen LogP contribution in [0.3, 0.4) is 0 Å². The largest absolute Gasteiger partial charge is 0.486 e. The van der Waals surface area contributed by atoms with E-state index < -0.39 is 17.5 Å². The number of benzene rings is 1. The van der Waals surface area contributed by atoms with Crippen molar-refractivity contribution in [3.63, 3.8) is 0 Å². The molecule has 28 heavy (non-hydrogen) atoms. The molecule has 0 fully saturated rings. The van der Waals surface area contributed by atoms with E-state index in [0.29, 0.717) is 17.6 Å². The predicted molar refractivity (Wildman–Crippen MR) is 103 cm³/mol. The average Bonchev–Trinajstić information content (AvgIpc) is 3.08. The molecule has 3 N–H and O–H groups in total. The van der Waals surface area contributed by atoms with Gasteiger partial charge in [0.25, 0.3) is 0 Å². The normalized spacial score (nSPS) is 13.5. The Kier molecular flexibility index (Phi) is 5.48. The quantitative estimate of drug-likeness (QED) is 0.638. The molecule has 2 aromatic heterocycles. The van der Waals surface area contributed by atoms with E-state index in [-0.39, 0.29) is 18.3 Å². The molecule has 0 bridgehead atoms. The third-order valence-electron chi connectivity index (χ3n) is 4.32. The number of carbonyl (C=O) groups excluding carboxylic acids is 1. The van der Waals surface area contributed by atoms with E-state index in [2.05, 4.69) is 15.2 Å². The second-order valence-corrected chi connectivity index (χ2v) is 7.39. The molecule has 0 radical (unpaired) electrons. The van der Waals surface area contributed by atoms with Gasteiger partial charge in [-0.25, -0.2) is 14.2 Å². The van der Waals surface area contributed by atoms with Crippen molar-refractivity contribution in [1.82, 2.24) is 15.2 Å². The van der Waals surface area contributed by atoms with Crippen LogP contribution < -0.4 is 10.5 Å². The second kappa shape index (κ2) is 7.84. The number of nitrogens with zero attached hydrogens (tertiary/aromatic N) is 2. The summed E-state index contributed by atoms with van der Waals surface area (Å²) in [4.78, 5) is 15.4. The van der Waals surface area contributed by atoms with E-state index in [1.807, 2.05) is 13.8 Å². The molecule has 3 rings (SSSR count). The highest BCUT2D eigenvalue weighted by Gasteiger charge is 2.31. The number of rotatable bonds is 7. The molecule has 1 aromatic carbocycles. The van der Waals surface area contributed by atoms with Crippen molar-refractivity contribution < 1.29 is 18.7 Å². The summed E-state index contributed by atoms with van der Waals surface area (Å²) in [5.41, 5.74) is 6.34. The van der Waals surface area contributed by atoms with Crippen molar-refractivity contribution in [2.45, 2.75) is 32.8 Å². The number of ether oxygens (including phenoxy) is 2. The van der Waals surface area contributed by atoms with Crippen molar-refractivity contribution in [3.05, 3.63) is 42.5 Å². The van der Waals surface area contributed by atoms with Gasteiger partial charge in [0.15, 0.2) is 17.2 Å². The average molecular weight is 386 g/mol. The van der Waals surface area contributed by atoms with Gasteiger partial charge in [-0.05, 0) is 48.6 Å². The third-order valence-corrected chi connectivity index (χ3v) is 4.32.